The Hall–Kier alpha value is -1.46. The molecule has 1 aliphatic carbocycles. The number of rotatable bonds is 10. The number of guanidine groups is 1. The topological polar surface area (TPSA) is 74.8 Å². The highest BCUT2D eigenvalue weighted by molar-refractivity contribution is 5.80. The maximum absolute atomic E-state index is 11.6. The number of alkyl carbamates (subject to hydrolysis) is 1. The number of nitrogens with one attached hydrogen (secondary N) is 3. The third-order valence-corrected chi connectivity index (χ3v) is 4.11. The lowest BCUT2D eigenvalue weighted by atomic mass is 10.1. The first-order valence-electron chi connectivity index (χ1n) is 9.01. The number of ether oxygens (including phenoxy) is 1. The number of hydrogen-bond acceptors (Lipinski definition) is 3. The molecule has 2 atom stereocenters. The molecule has 1 amide bonds. The molecule has 0 radical (unpaired) electrons. The number of carbonyl (C=O) groups is 1. The smallest absolute Gasteiger partial charge is 0.407 e. The van der Waals surface area contributed by atoms with Gasteiger partial charge in [0.25, 0.3) is 0 Å². The van der Waals surface area contributed by atoms with Crippen molar-refractivity contribution in [2.75, 3.05) is 20.2 Å². The van der Waals surface area contributed by atoms with Gasteiger partial charge < -0.3 is 20.7 Å². The minimum absolute atomic E-state index is 0.1000. The van der Waals surface area contributed by atoms with E-state index >= 15 is 0 Å². The largest absolute Gasteiger partial charge is 0.450 e. The third kappa shape index (κ3) is 8.67. The number of unbranched alkanes of at least 4 members (excludes halogenated alkanes) is 2. The van der Waals surface area contributed by atoms with E-state index in [1.807, 2.05) is 6.92 Å². The zero-order valence-corrected chi connectivity index (χ0v) is 15.2. The first kappa shape index (κ1) is 19.6. The molecule has 0 heterocycles. The minimum Gasteiger partial charge on any atom is -0.450 e. The Morgan fingerprint density at radius 2 is 2.00 bits per heavy atom. The summed E-state index contributed by atoms with van der Waals surface area (Å²) in [5.41, 5.74) is 0. The number of carbonyl (C=O) groups excluding carboxylic acids is 1. The predicted molar refractivity (Wildman–Crippen MR) is 94.8 cm³/mol. The summed E-state index contributed by atoms with van der Waals surface area (Å²) in [5, 5.41) is 9.69. The van der Waals surface area contributed by atoms with Gasteiger partial charge in [-0.3, -0.25) is 4.99 Å². The maximum Gasteiger partial charge on any atom is 0.407 e. The summed E-state index contributed by atoms with van der Waals surface area (Å²) in [7, 11) is 1.78. The van der Waals surface area contributed by atoms with E-state index < -0.39 is 0 Å². The predicted octanol–water partition coefficient (Wildman–Crippen LogP) is 2.64. The Bertz CT molecular complexity index is 370. The second-order valence-electron chi connectivity index (χ2n) is 6.30. The summed E-state index contributed by atoms with van der Waals surface area (Å²) in [6.45, 7) is 7.28. The van der Waals surface area contributed by atoms with Crippen LogP contribution in [-0.4, -0.2) is 44.3 Å². The summed E-state index contributed by atoms with van der Waals surface area (Å²) in [6, 6.07) is 0.494. The summed E-state index contributed by atoms with van der Waals surface area (Å²) in [4.78, 5) is 15.9. The van der Waals surface area contributed by atoms with Crippen LogP contribution in [0.4, 0.5) is 4.79 Å². The van der Waals surface area contributed by atoms with E-state index in [0.29, 0.717) is 25.1 Å². The first-order chi connectivity index (χ1) is 11.1. The monoisotopic (exact) mass is 326 g/mol. The van der Waals surface area contributed by atoms with Crippen LogP contribution in [0, 0.1) is 5.92 Å². The highest BCUT2D eigenvalue weighted by atomic mass is 16.5. The Morgan fingerprint density at radius 1 is 1.26 bits per heavy atom. The first-order valence-corrected chi connectivity index (χ1v) is 9.01. The number of nitrogens with zero attached hydrogens (tertiary/aromatic N) is 1. The average Bonchev–Trinajstić information content (AvgIpc) is 3.35. The lowest BCUT2D eigenvalue weighted by Gasteiger charge is -2.22. The van der Waals surface area contributed by atoms with Gasteiger partial charge in [0.05, 0.1) is 12.6 Å². The van der Waals surface area contributed by atoms with Crippen LogP contribution in [0.2, 0.25) is 0 Å². The van der Waals surface area contributed by atoms with Crippen molar-refractivity contribution in [3.63, 3.8) is 0 Å². The van der Waals surface area contributed by atoms with Gasteiger partial charge in [-0.25, -0.2) is 4.79 Å². The average molecular weight is 326 g/mol. The Morgan fingerprint density at radius 3 is 2.57 bits per heavy atom. The van der Waals surface area contributed by atoms with Crippen LogP contribution < -0.4 is 16.0 Å². The van der Waals surface area contributed by atoms with Crippen LogP contribution in [0.3, 0.4) is 0 Å². The zero-order valence-electron chi connectivity index (χ0n) is 15.2. The molecule has 1 saturated carbocycles. The minimum atomic E-state index is -0.331. The van der Waals surface area contributed by atoms with Gasteiger partial charge >= 0.3 is 6.09 Å². The van der Waals surface area contributed by atoms with Gasteiger partial charge in [-0.15, -0.1) is 0 Å². The molecule has 1 fully saturated rings. The van der Waals surface area contributed by atoms with E-state index in [4.69, 9.17) is 4.74 Å². The van der Waals surface area contributed by atoms with E-state index in [2.05, 4.69) is 34.8 Å². The summed E-state index contributed by atoms with van der Waals surface area (Å²) in [6.07, 6.45) is 6.88. The zero-order chi connectivity index (χ0) is 17.1. The molecule has 23 heavy (non-hydrogen) atoms. The second-order valence-corrected chi connectivity index (χ2v) is 6.30. The molecular formula is C17H34N4O2. The van der Waals surface area contributed by atoms with E-state index in [9.17, 15) is 4.79 Å². The third-order valence-electron chi connectivity index (χ3n) is 4.11. The number of amides is 1. The normalized spacial score (nSPS) is 17.3. The van der Waals surface area contributed by atoms with E-state index in [1.54, 1.807) is 7.05 Å². The standard InChI is InChI=1S/C17H34N4O2/c1-5-7-8-9-13(3)20-16(18-4)19-12-15(14-10-11-14)21-17(22)23-6-2/h13-15H,5-12H2,1-4H3,(H,21,22)(H2,18,19,20). The van der Waals surface area contributed by atoms with Crippen molar-refractivity contribution in [3.05, 3.63) is 0 Å². The van der Waals surface area contributed by atoms with Crippen molar-refractivity contribution in [1.82, 2.24) is 16.0 Å². The van der Waals surface area contributed by atoms with Crippen molar-refractivity contribution >= 4 is 12.1 Å². The molecule has 6 nitrogen and oxygen atoms in total. The molecule has 134 valence electrons. The van der Waals surface area contributed by atoms with Crippen LogP contribution in [0.5, 0.6) is 0 Å². The quantitative estimate of drug-likeness (QED) is 0.328. The molecule has 0 aliphatic heterocycles. The van der Waals surface area contributed by atoms with Crippen LogP contribution in [0.25, 0.3) is 0 Å². The molecule has 0 spiro atoms. The van der Waals surface area contributed by atoms with Gasteiger partial charge in [0.1, 0.15) is 0 Å². The van der Waals surface area contributed by atoms with Gasteiger partial charge in [-0.1, -0.05) is 26.2 Å². The molecular weight excluding hydrogens is 292 g/mol. The van der Waals surface area contributed by atoms with Crippen molar-refractivity contribution < 1.29 is 9.53 Å². The van der Waals surface area contributed by atoms with Crippen molar-refractivity contribution in [3.8, 4) is 0 Å². The van der Waals surface area contributed by atoms with E-state index in [-0.39, 0.29) is 12.1 Å². The van der Waals surface area contributed by atoms with Gasteiger partial charge in [-0.2, -0.15) is 0 Å². The highest BCUT2D eigenvalue weighted by Gasteiger charge is 2.32. The van der Waals surface area contributed by atoms with Crippen LogP contribution in [-0.2, 0) is 4.74 Å². The van der Waals surface area contributed by atoms with E-state index in [0.717, 1.165) is 25.2 Å². The molecule has 1 aliphatic rings. The summed E-state index contributed by atoms with van der Waals surface area (Å²) in [5.74, 6) is 1.34. The lowest BCUT2D eigenvalue weighted by molar-refractivity contribution is 0.146. The van der Waals surface area contributed by atoms with E-state index in [1.165, 1.54) is 19.3 Å². The fraction of sp³-hybridized carbons (Fsp3) is 0.882. The Labute approximate surface area is 140 Å². The fourth-order valence-electron chi connectivity index (χ4n) is 2.57. The second kappa shape index (κ2) is 11.1. The molecule has 0 aromatic rings. The SMILES string of the molecule is CCCCCC(C)NC(=NC)NCC(NC(=O)OCC)C1CC1. The summed E-state index contributed by atoms with van der Waals surface area (Å²) >= 11 is 0. The summed E-state index contributed by atoms with van der Waals surface area (Å²) < 4.78 is 4.98. The molecule has 0 aromatic carbocycles. The molecule has 3 N–H and O–H groups in total. The van der Waals surface area contributed by atoms with Gasteiger partial charge in [0.2, 0.25) is 0 Å². The van der Waals surface area contributed by atoms with Gasteiger partial charge in [0.15, 0.2) is 5.96 Å². The number of hydrogen-bond donors (Lipinski definition) is 3. The maximum atomic E-state index is 11.6. The molecule has 0 saturated heterocycles. The highest BCUT2D eigenvalue weighted by Crippen LogP contribution is 2.32. The molecule has 6 heteroatoms. The van der Waals surface area contributed by atoms with Crippen LogP contribution in [0.1, 0.15) is 59.3 Å². The molecule has 0 aromatic heterocycles. The van der Waals surface area contributed by atoms with Crippen LogP contribution >= 0.6 is 0 Å². The van der Waals surface area contributed by atoms with Crippen molar-refractivity contribution in [2.24, 2.45) is 10.9 Å². The molecule has 2 unspecified atom stereocenters. The van der Waals surface area contributed by atoms with Crippen LogP contribution in [0.15, 0.2) is 4.99 Å². The van der Waals surface area contributed by atoms with Crippen molar-refractivity contribution in [2.45, 2.75) is 71.4 Å². The number of aliphatic imine (C=N–C) groups is 1. The van der Waals surface area contributed by atoms with Gasteiger partial charge in [-0.05, 0) is 39.0 Å². The fourth-order valence-corrected chi connectivity index (χ4v) is 2.57. The lowest BCUT2D eigenvalue weighted by Crippen LogP contribution is -2.49. The Kier molecular flexibility index (Phi) is 9.48. The Balaban J connectivity index is 2.34. The van der Waals surface area contributed by atoms with Crippen molar-refractivity contribution in [1.29, 1.82) is 0 Å². The molecule has 1 rings (SSSR count). The molecule has 0 bridgehead atoms. The van der Waals surface area contributed by atoms with Gasteiger partial charge in [0, 0.05) is 19.6 Å².